The van der Waals surface area contributed by atoms with Gasteiger partial charge in [-0.2, -0.15) is 0 Å². The number of aromatic nitrogens is 2. The topological polar surface area (TPSA) is 61.4 Å². The van der Waals surface area contributed by atoms with Crippen LogP contribution < -0.4 is 10.2 Å². The van der Waals surface area contributed by atoms with Gasteiger partial charge in [-0.05, 0) is 44.5 Å². The third-order valence-electron chi connectivity index (χ3n) is 5.67. The highest BCUT2D eigenvalue weighted by atomic mass is 16.1. The number of rotatable bonds is 9. The Labute approximate surface area is 174 Å². The summed E-state index contributed by atoms with van der Waals surface area (Å²) in [6.07, 6.45) is 6.65. The summed E-state index contributed by atoms with van der Waals surface area (Å²) in [6.45, 7) is 9.83. The summed E-state index contributed by atoms with van der Waals surface area (Å²) in [5.74, 6) is 0.883. The molecular formula is C23H33N5O. The average Bonchev–Trinajstić information content (AvgIpc) is 2.80. The number of carbonyl (C=O) groups excluding carboxylic acids is 1. The van der Waals surface area contributed by atoms with E-state index >= 15 is 0 Å². The van der Waals surface area contributed by atoms with Gasteiger partial charge in [-0.25, -0.2) is 9.97 Å². The van der Waals surface area contributed by atoms with Crippen LogP contribution in [-0.2, 0) is 4.79 Å². The molecule has 1 amide bonds. The molecule has 1 N–H and O–H groups in total. The third-order valence-corrected chi connectivity index (χ3v) is 5.67. The van der Waals surface area contributed by atoms with Gasteiger partial charge >= 0.3 is 0 Å². The number of carbonyl (C=O) groups is 1. The fourth-order valence-electron chi connectivity index (χ4n) is 3.84. The predicted octanol–water partition coefficient (Wildman–Crippen LogP) is 3.21. The van der Waals surface area contributed by atoms with E-state index in [1.54, 1.807) is 0 Å². The minimum Gasteiger partial charge on any atom is -0.356 e. The van der Waals surface area contributed by atoms with E-state index in [0.717, 1.165) is 63.1 Å². The molecule has 3 rings (SSSR count). The zero-order valence-electron chi connectivity index (χ0n) is 17.7. The fraction of sp³-hybridized carbons (Fsp3) is 0.522. The van der Waals surface area contributed by atoms with Gasteiger partial charge in [0.25, 0.3) is 0 Å². The molecule has 1 fully saturated rings. The van der Waals surface area contributed by atoms with Crippen LogP contribution in [0.4, 0.5) is 5.95 Å². The molecule has 0 bridgehead atoms. The molecule has 0 spiro atoms. The lowest BCUT2D eigenvalue weighted by Crippen LogP contribution is -2.44. The van der Waals surface area contributed by atoms with E-state index in [9.17, 15) is 4.79 Å². The van der Waals surface area contributed by atoms with Crippen LogP contribution in [0.5, 0.6) is 0 Å². The minimum absolute atomic E-state index is 0.00889. The van der Waals surface area contributed by atoms with E-state index in [4.69, 9.17) is 0 Å². The molecule has 1 aromatic carbocycles. The molecule has 1 atom stereocenters. The maximum Gasteiger partial charge on any atom is 0.225 e. The van der Waals surface area contributed by atoms with Gasteiger partial charge in [0, 0.05) is 37.6 Å². The largest absolute Gasteiger partial charge is 0.356 e. The van der Waals surface area contributed by atoms with Gasteiger partial charge in [-0.3, -0.25) is 4.79 Å². The Bertz CT molecular complexity index is 746. The first kappa shape index (κ1) is 21.2. The Morgan fingerprint density at radius 3 is 2.55 bits per heavy atom. The molecule has 2 heterocycles. The lowest BCUT2D eigenvalue weighted by molar-refractivity contribution is -0.125. The average molecular weight is 396 g/mol. The fourth-order valence-corrected chi connectivity index (χ4v) is 3.84. The van der Waals surface area contributed by atoms with Crippen molar-refractivity contribution < 1.29 is 4.79 Å². The van der Waals surface area contributed by atoms with E-state index < -0.39 is 0 Å². The number of piperidine rings is 1. The number of hydrogen-bond donors (Lipinski definition) is 1. The maximum absolute atomic E-state index is 12.6. The van der Waals surface area contributed by atoms with Crippen LogP contribution in [0.2, 0.25) is 0 Å². The molecule has 1 aliphatic heterocycles. The van der Waals surface area contributed by atoms with Crippen LogP contribution in [-0.4, -0.2) is 60.0 Å². The van der Waals surface area contributed by atoms with Gasteiger partial charge in [0.05, 0.1) is 5.92 Å². The zero-order chi connectivity index (χ0) is 20.5. The SMILES string of the molecule is CCN(CC)CCCNC(=O)C1CCCN(c2ncc(-c3ccccc3)cn2)C1. The first-order chi connectivity index (χ1) is 14.2. The van der Waals surface area contributed by atoms with Crippen LogP contribution in [0.15, 0.2) is 42.7 Å². The molecule has 0 aliphatic carbocycles. The zero-order valence-corrected chi connectivity index (χ0v) is 17.7. The first-order valence-electron chi connectivity index (χ1n) is 10.8. The lowest BCUT2D eigenvalue weighted by atomic mass is 9.97. The minimum atomic E-state index is 0.00889. The van der Waals surface area contributed by atoms with Gasteiger partial charge < -0.3 is 15.1 Å². The van der Waals surface area contributed by atoms with Crippen molar-refractivity contribution in [2.24, 2.45) is 5.92 Å². The van der Waals surface area contributed by atoms with Gasteiger partial charge in [0.15, 0.2) is 0 Å². The quantitative estimate of drug-likeness (QED) is 0.661. The molecule has 0 saturated carbocycles. The number of benzene rings is 1. The third kappa shape index (κ3) is 6.00. The van der Waals surface area contributed by atoms with Crippen LogP contribution in [0.3, 0.4) is 0 Å². The second-order valence-electron chi connectivity index (χ2n) is 7.59. The molecule has 1 saturated heterocycles. The Kier molecular flexibility index (Phi) is 7.99. The van der Waals surface area contributed by atoms with Crippen molar-refractivity contribution in [3.05, 3.63) is 42.7 Å². The highest BCUT2D eigenvalue weighted by molar-refractivity contribution is 5.79. The lowest BCUT2D eigenvalue weighted by Gasteiger charge is -2.32. The van der Waals surface area contributed by atoms with Crippen molar-refractivity contribution in [1.29, 1.82) is 0 Å². The Hall–Kier alpha value is -2.47. The van der Waals surface area contributed by atoms with Crippen LogP contribution in [0, 0.1) is 5.92 Å². The van der Waals surface area contributed by atoms with Crippen molar-refractivity contribution in [1.82, 2.24) is 20.2 Å². The molecule has 156 valence electrons. The predicted molar refractivity (Wildman–Crippen MR) is 118 cm³/mol. The highest BCUT2D eigenvalue weighted by Gasteiger charge is 2.26. The normalized spacial score (nSPS) is 16.8. The number of nitrogens with zero attached hydrogens (tertiary/aromatic N) is 4. The van der Waals surface area contributed by atoms with Crippen molar-refractivity contribution in [2.45, 2.75) is 33.1 Å². The Morgan fingerprint density at radius 2 is 1.86 bits per heavy atom. The Morgan fingerprint density at radius 1 is 1.14 bits per heavy atom. The molecule has 1 aromatic heterocycles. The van der Waals surface area contributed by atoms with E-state index in [2.05, 4.69) is 51.1 Å². The van der Waals surface area contributed by atoms with E-state index in [1.165, 1.54) is 0 Å². The first-order valence-corrected chi connectivity index (χ1v) is 10.8. The smallest absolute Gasteiger partial charge is 0.225 e. The summed E-state index contributed by atoms with van der Waals surface area (Å²) in [4.78, 5) is 26.3. The number of hydrogen-bond acceptors (Lipinski definition) is 5. The second kappa shape index (κ2) is 10.9. The van der Waals surface area contributed by atoms with Crippen molar-refractivity contribution >= 4 is 11.9 Å². The summed E-state index contributed by atoms with van der Waals surface area (Å²) in [6, 6.07) is 10.1. The van der Waals surface area contributed by atoms with Crippen LogP contribution in [0.1, 0.15) is 33.1 Å². The molecule has 29 heavy (non-hydrogen) atoms. The molecule has 2 aromatic rings. The monoisotopic (exact) mass is 395 g/mol. The summed E-state index contributed by atoms with van der Waals surface area (Å²) < 4.78 is 0. The number of nitrogens with one attached hydrogen (secondary N) is 1. The Balaban J connectivity index is 1.50. The maximum atomic E-state index is 12.6. The molecule has 1 aliphatic rings. The second-order valence-corrected chi connectivity index (χ2v) is 7.59. The molecular weight excluding hydrogens is 362 g/mol. The van der Waals surface area contributed by atoms with E-state index in [0.29, 0.717) is 12.5 Å². The van der Waals surface area contributed by atoms with E-state index in [-0.39, 0.29) is 11.8 Å². The van der Waals surface area contributed by atoms with Crippen LogP contribution >= 0.6 is 0 Å². The van der Waals surface area contributed by atoms with Gasteiger partial charge in [-0.1, -0.05) is 44.2 Å². The highest BCUT2D eigenvalue weighted by Crippen LogP contribution is 2.22. The van der Waals surface area contributed by atoms with E-state index in [1.807, 2.05) is 30.6 Å². The van der Waals surface area contributed by atoms with Gasteiger partial charge in [0.1, 0.15) is 0 Å². The summed E-state index contributed by atoms with van der Waals surface area (Å²) >= 11 is 0. The number of amides is 1. The van der Waals surface area contributed by atoms with Crippen molar-refractivity contribution in [3.8, 4) is 11.1 Å². The molecule has 6 nitrogen and oxygen atoms in total. The molecule has 1 unspecified atom stereocenters. The number of anilines is 1. The van der Waals surface area contributed by atoms with Gasteiger partial charge in [-0.15, -0.1) is 0 Å². The summed E-state index contributed by atoms with van der Waals surface area (Å²) in [5, 5.41) is 3.13. The standard InChI is InChI=1S/C23H33N5O/c1-3-27(4-2)14-9-13-24-22(29)20-12-8-15-28(18-20)23-25-16-21(17-26-23)19-10-6-5-7-11-19/h5-7,10-11,16-17,20H,3-4,8-9,12-15,18H2,1-2H3,(H,24,29). The van der Waals surface area contributed by atoms with Crippen molar-refractivity contribution in [3.63, 3.8) is 0 Å². The summed E-state index contributed by atoms with van der Waals surface area (Å²) in [5.41, 5.74) is 2.12. The summed E-state index contributed by atoms with van der Waals surface area (Å²) in [7, 11) is 0. The van der Waals surface area contributed by atoms with Crippen LogP contribution in [0.25, 0.3) is 11.1 Å². The van der Waals surface area contributed by atoms with Crippen molar-refractivity contribution in [2.75, 3.05) is 44.2 Å². The molecule has 0 radical (unpaired) electrons. The van der Waals surface area contributed by atoms with Gasteiger partial charge in [0.2, 0.25) is 11.9 Å². The molecule has 6 heteroatoms.